The van der Waals surface area contributed by atoms with Gasteiger partial charge in [-0.05, 0) is 59.3 Å². The van der Waals surface area contributed by atoms with Crippen molar-refractivity contribution >= 4 is 50.0 Å². The fourth-order valence-corrected chi connectivity index (χ4v) is 3.78. The number of H-pyrrole nitrogens is 1. The maximum absolute atomic E-state index is 12.6. The number of aromatic nitrogens is 2. The molecule has 30 heavy (non-hydrogen) atoms. The molecular weight excluding hydrogens is 520 g/mol. The van der Waals surface area contributed by atoms with Crippen LogP contribution >= 0.6 is 31.9 Å². The highest BCUT2D eigenvalue weighted by Crippen LogP contribution is 2.33. The fraction of sp³-hybridized carbons (Fsp3) is 0.100. The zero-order valence-electron chi connectivity index (χ0n) is 15.9. The number of methoxy groups -OCH3 is 1. The minimum Gasteiger partial charge on any atom is -0.497 e. The Bertz CT molecular complexity index is 1130. The van der Waals surface area contributed by atoms with Gasteiger partial charge >= 0.3 is 5.97 Å². The number of carbonyl (C=O) groups excluding carboxylic acids is 2. The molecular formula is C20H16Br2N4O4. The molecule has 1 aromatic heterocycles. The Morgan fingerprint density at radius 3 is 2.70 bits per heavy atom. The first-order valence-corrected chi connectivity index (χ1v) is 10.2. The van der Waals surface area contributed by atoms with Crippen LogP contribution in [0.25, 0.3) is 0 Å². The number of hydrazone groups is 1. The van der Waals surface area contributed by atoms with E-state index in [-0.39, 0.29) is 11.4 Å². The predicted molar refractivity (Wildman–Crippen MR) is 118 cm³/mol. The summed E-state index contributed by atoms with van der Waals surface area (Å²) in [4.78, 5) is 24.7. The quantitative estimate of drug-likeness (QED) is 0.212. The van der Waals surface area contributed by atoms with Crippen LogP contribution in [0, 0.1) is 6.92 Å². The number of nitrogens with zero attached hydrogens (tertiary/aromatic N) is 2. The number of hydrogen-bond donors (Lipinski definition) is 2. The lowest BCUT2D eigenvalue weighted by atomic mass is 10.2. The maximum atomic E-state index is 12.6. The molecule has 0 spiro atoms. The molecule has 0 radical (unpaired) electrons. The van der Waals surface area contributed by atoms with Gasteiger partial charge in [-0.25, -0.2) is 10.2 Å². The molecule has 3 rings (SSSR count). The van der Waals surface area contributed by atoms with Crippen molar-refractivity contribution in [1.29, 1.82) is 0 Å². The molecule has 3 aromatic rings. The van der Waals surface area contributed by atoms with Crippen molar-refractivity contribution in [2.75, 3.05) is 7.11 Å². The van der Waals surface area contributed by atoms with E-state index >= 15 is 0 Å². The highest BCUT2D eigenvalue weighted by atomic mass is 79.9. The topological polar surface area (TPSA) is 106 Å². The van der Waals surface area contributed by atoms with Crippen LogP contribution in [0.2, 0.25) is 0 Å². The van der Waals surface area contributed by atoms with Gasteiger partial charge in [0.2, 0.25) is 0 Å². The van der Waals surface area contributed by atoms with Crippen molar-refractivity contribution in [1.82, 2.24) is 15.6 Å². The third kappa shape index (κ3) is 5.33. The SMILES string of the molecule is COc1cccc(C(=O)Oc2c(Br)cc(Br)cc2/C=N/NC(=O)c2cc(C)[nH]n2)c1. The normalized spacial score (nSPS) is 10.8. The second-order valence-electron chi connectivity index (χ2n) is 6.06. The molecule has 0 saturated carbocycles. The van der Waals surface area contributed by atoms with E-state index in [1.807, 2.05) is 0 Å². The van der Waals surface area contributed by atoms with Gasteiger partial charge in [0.05, 0.1) is 23.4 Å². The highest BCUT2D eigenvalue weighted by molar-refractivity contribution is 9.11. The Labute approximate surface area is 188 Å². The van der Waals surface area contributed by atoms with Crippen molar-refractivity contribution in [2.45, 2.75) is 6.92 Å². The molecule has 0 fully saturated rings. The molecule has 0 aliphatic rings. The summed E-state index contributed by atoms with van der Waals surface area (Å²) >= 11 is 6.78. The number of aromatic amines is 1. The standard InChI is InChI=1S/C20H16Br2N4O4/c1-11-6-17(25-24-11)19(27)26-23-10-13-7-14(21)9-16(22)18(13)30-20(28)12-4-3-5-15(8-12)29-2/h3-10H,1-2H3,(H,24,25)(H,26,27)/b23-10+. The van der Waals surface area contributed by atoms with Crippen LogP contribution in [0.3, 0.4) is 0 Å². The number of ether oxygens (including phenoxy) is 2. The van der Waals surface area contributed by atoms with E-state index in [9.17, 15) is 9.59 Å². The molecule has 0 aliphatic heterocycles. The Balaban J connectivity index is 1.81. The van der Waals surface area contributed by atoms with Gasteiger partial charge in [0.15, 0.2) is 11.4 Å². The smallest absolute Gasteiger partial charge is 0.343 e. The number of rotatable bonds is 6. The van der Waals surface area contributed by atoms with Crippen molar-refractivity contribution in [3.8, 4) is 11.5 Å². The summed E-state index contributed by atoms with van der Waals surface area (Å²) in [5.74, 6) is -0.251. The molecule has 0 saturated heterocycles. The molecule has 8 nitrogen and oxygen atoms in total. The predicted octanol–water partition coefficient (Wildman–Crippen LogP) is 4.23. The third-order valence-corrected chi connectivity index (χ3v) is 4.89. The summed E-state index contributed by atoms with van der Waals surface area (Å²) in [6.45, 7) is 1.79. The number of nitrogens with one attached hydrogen (secondary N) is 2. The molecule has 0 unspecified atom stereocenters. The zero-order valence-corrected chi connectivity index (χ0v) is 19.1. The second-order valence-corrected chi connectivity index (χ2v) is 7.83. The van der Waals surface area contributed by atoms with Crippen LogP contribution in [0.5, 0.6) is 11.5 Å². The van der Waals surface area contributed by atoms with Crippen LogP contribution in [-0.2, 0) is 0 Å². The van der Waals surface area contributed by atoms with E-state index in [4.69, 9.17) is 9.47 Å². The monoisotopic (exact) mass is 534 g/mol. The number of benzene rings is 2. The zero-order chi connectivity index (χ0) is 21.7. The number of aryl methyl sites for hydroxylation is 1. The van der Waals surface area contributed by atoms with Crippen LogP contribution < -0.4 is 14.9 Å². The lowest BCUT2D eigenvalue weighted by Crippen LogP contribution is -2.18. The van der Waals surface area contributed by atoms with Crippen molar-refractivity contribution < 1.29 is 19.1 Å². The number of halogens is 2. The molecule has 0 aliphatic carbocycles. The van der Waals surface area contributed by atoms with Gasteiger partial charge in [-0.1, -0.05) is 22.0 Å². The van der Waals surface area contributed by atoms with Gasteiger partial charge in [-0.15, -0.1) is 0 Å². The van der Waals surface area contributed by atoms with Gasteiger partial charge < -0.3 is 9.47 Å². The first kappa shape index (κ1) is 21.7. The summed E-state index contributed by atoms with van der Waals surface area (Å²) in [6.07, 6.45) is 1.38. The molecule has 2 aromatic carbocycles. The van der Waals surface area contributed by atoms with Gasteiger partial charge in [-0.2, -0.15) is 10.2 Å². The van der Waals surface area contributed by atoms with Gasteiger partial charge in [0.25, 0.3) is 5.91 Å². The number of esters is 1. The van der Waals surface area contributed by atoms with Gasteiger partial charge in [-0.3, -0.25) is 9.89 Å². The maximum Gasteiger partial charge on any atom is 0.343 e. The summed E-state index contributed by atoms with van der Waals surface area (Å²) in [7, 11) is 1.52. The summed E-state index contributed by atoms with van der Waals surface area (Å²) in [5, 5.41) is 10.5. The lowest BCUT2D eigenvalue weighted by Gasteiger charge is -2.11. The average molecular weight is 536 g/mol. The molecule has 10 heteroatoms. The van der Waals surface area contributed by atoms with Crippen molar-refractivity contribution in [2.24, 2.45) is 5.10 Å². The van der Waals surface area contributed by atoms with E-state index in [2.05, 4.69) is 52.6 Å². The van der Waals surface area contributed by atoms with E-state index in [1.165, 1.54) is 13.3 Å². The molecule has 0 bridgehead atoms. The molecule has 2 N–H and O–H groups in total. The van der Waals surface area contributed by atoms with E-state index in [1.54, 1.807) is 49.4 Å². The van der Waals surface area contributed by atoms with Crippen LogP contribution in [0.15, 0.2) is 56.5 Å². The van der Waals surface area contributed by atoms with Gasteiger partial charge in [0.1, 0.15) is 5.75 Å². The summed E-state index contributed by atoms with van der Waals surface area (Å²) in [5.41, 5.74) is 4.15. The number of carbonyl (C=O) groups is 2. The van der Waals surface area contributed by atoms with Gasteiger partial charge in [0, 0.05) is 15.7 Å². The number of hydrogen-bond acceptors (Lipinski definition) is 6. The average Bonchev–Trinajstić information content (AvgIpc) is 3.16. The Morgan fingerprint density at radius 2 is 2.00 bits per heavy atom. The Morgan fingerprint density at radius 1 is 1.20 bits per heavy atom. The van der Waals surface area contributed by atoms with E-state index in [0.717, 1.165) is 10.2 Å². The highest BCUT2D eigenvalue weighted by Gasteiger charge is 2.16. The molecule has 1 amide bonds. The first-order valence-electron chi connectivity index (χ1n) is 8.58. The molecule has 0 atom stereocenters. The molecule has 154 valence electrons. The lowest BCUT2D eigenvalue weighted by molar-refractivity contribution is 0.0732. The Hall–Kier alpha value is -2.98. The first-order chi connectivity index (χ1) is 14.4. The summed E-state index contributed by atoms with van der Waals surface area (Å²) < 4.78 is 12.0. The molecule has 1 heterocycles. The van der Waals surface area contributed by atoms with Crippen molar-refractivity contribution in [3.05, 3.63) is 73.9 Å². The van der Waals surface area contributed by atoms with Crippen LogP contribution in [0.1, 0.15) is 32.1 Å². The van der Waals surface area contributed by atoms with Crippen molar-refractivity contribution in [3.63, 3.8) is 0 Å². The minimum absolute atomic E-state index is 0.213. The second kappa shape index (κ2) is 9.68. The third-order valence-electron chi connectivity index (χ3n) is 3.85. The fourth-order valence-electron chi connectivity index (χ4n) is 2.44. The Kier molecular flexibility index (Phi) is 7.01. The van der Waals surface area contributed by atoms with Crippen LogP contribution in [-0.4, -0.2) is 35.4 Å². The van der Waals surface area contributed by atoms with E-state index < -0.39 is 11.9 Å². The van der Waals surface area contributed by atoms with E-state index in [0.29, 0.717) is 21.3 Å². The largest absolute Gasteiger partial charge is 0.497 e. The summed E-state index contributed by atoms with van der Waals surface area (Å²) in [6, 6.07) is 11.7. The number of amides is 1. The van der Waals surface area contributed by atoms with Crippen LogP contribution in [0.4, 0.5) is 0 Å². The minimum atomic E-state index is -0.567.